The van der Waals surface area contributed by atoms with E-state index in [9.17, 15) is 0 Å². The molecule has 2 rings (SSSR count). The highest BCUT2D eigenvalue weighted by Crippen LogP contribution is 2.31. The summed E-state index contributed by atoms with van der Waals surface area (Å²) >= 11 is 0. The van der Waals surface area contributed by atoms with E-state index in [0.29, 0.717) is 0 Å². The van der Waals surface area contributed by atoms with Crippen LogP contribution in [0.2, 0.25) is 0 Å². The van der Waals surface area contributed by atoms with Gasteiger partial charge in [0.1, 0.15) is 5.60 Å². The van der Waals surface area contributed by atoms with E-state index in [1.165, 1.54) is 17.5 Å². The molecule has 0 saturated carbocycles. The van der Waals surface area contributed by atoms with Gasteiger partial charge in [-0.1, -0.05) is 31.2 Å². The quantitative estimate of drug-likeness (QED) is 0.843. The Morgan fingerprint density at radius 2 is 2.06 bits per heavy atom. The molecular weight excluding hydrogens is 198 g/mol. The molecule has 0 radical (unpaired) electrons. The fourth-order valence-electron chi connectivity index (χ4n) is 2.46. The summed E-state index contributed by atoms with van der Waals surface area (Å²) in [6, 6.07) is 8.86. The van der Waals surface area contributed by atoms with Crippen LogP contribution in [0, 0.1) is 0 Å². The number of rotatable bonds is 3. The van der Waals surface area contributed by atoms with E-state index >= 15 is 0 Å². The lowest BCUT2D eigenvalue weighted by Gasteiger charge is -2.37. The van der Waals surface area contributed by atoms with Gasteiger partial charge < -0.3 is 10.1 Å². The van der Waals surface area contributed by atoms with E-state index in [2.05, 4.69) is 36.5 Å². The van der Waals surface area contributed by atoms with Crippen LogP contribution >= 0.6 is 0 Å². The first-order valence-corrected chi connectivity index (χ1v) is 6.16. The van der Waals surface area contributed by atoms with E-state index in [0.717, 1.165) is 25.9 Å². The first-order chi connectivity index (χ1) is 7.80. The van der Waals surface area contributed by atoms with Crippen LogP contribution in [0.4, 0.5) is 0 Å². The molecule has 1 aromatic rings. The zero-order chi connectivity index (χ0) is 11.4. The summed E-state index contributed by atoms with van der Waals surface area (Å²) in [4.78, 5) is 0. The Labute approximate surface area is 98.0 Å². The summed E-state index contributed by atoms with van der Waals surface area (Å²) in [7, 11) is 1.82. The molecule has 1 unspecified atom stereocenters. The first kappa shape index (κ1) is 11.6. The lowest BCUT2D eigenvalue weighted by atomic mass is 9.86. The van der Waals surface area contributed by atoms with Crippen molar-refractivity contribution in [2.24, 2.45) is 0 Å². The Hall–Kier alpha value is -0.860. The topological polar surface area (TPSA) is 21.3 Å². The highest BCUT2D eigenvalue weighted by atomic mass is 16.5. The maximum Gasteiger partial charge on any atom is 0.105 e. The van der Waals surface area contributed by atoms with Crippen LogP contribution in [0.1, 0.15) is 30.9 Å². The second kappa shape index (κ2) is 4.98. The van der Waals surface area contributed by atoms with E-state index in [4.69, 9.17) is 4.74 Å². The van der Waals surface area contributed by atoms with Crippen LogP contribution in [0.5, 0.6) is 0 Å². The average Bonchev–Trinajstić information content (AvgIpc) is 2.39. The van der Waals surface area contributed by atoms with Crippen LogP contribution in [0.25, 0.3) is 0 Å². The predicted octanol–water partition coefficient (Wildman–Crippen LogP) is 2.47. The number of hydrogen-bond acceptors (Lipinski definition) is 2. The standard InChI is InChI=1S/C14H21NO/c1-3-12-5-7-13(8-6-12)14(16-2)9-4-10-15-11-14/h5-8,15H,3-4,9-11H2,1-2H3. The maximum atomic E-state index is 5.78. The Kier molecular flexibility index (Phi) is 3.62. The van der Waals surface area contributed by atoms with Crippen LogP contribution in [0.15, 0.2) is 24.3 Å². The molecule has 2 heteroatoms. The van der Waals surface area contributed by atoms with Crippen LogP contribution < -0.4 is 5.32 Å². The average molecular weight is 219 g/mol. The summed E-state index contributed by atoms with van der Waals surface area (Å²) in [5, 5.41) is 3.43. The van der Waals surface area contributed by atoms with Crippen molar-refractivity contribution >= 4 is 0 Å². The minimum absolute atomic E-state index is 0.107. The third kappa shape index (κ3) is 2.13. The summed E-state index contributed by atoms with van der Waals surface area (Å²) in [5.74, 6) is 0. The number of methoxy groups -OCH3 is 1. The van der Waals surface area contributed by atoms with E-state index in [-0.39, 0.29) is 5.60 Å². The molecule has 0 aliphatic carbocycles. The number of ether oxygens (including phenoxy) is 1. The number of hydrogen-bond donors (Lipinski definition) is 1. The van der Waals surface area contributed by atoms with Gasteiger partial charge in [-0.05, 0) is 36.9 Å². The molecule has 1 N–H and O–H groups in total. The minimum atomic E-state index is -0.107. The molecule has 1 aliphatic heterocycles. The largest absolute Gasteiger partial charge is 0.372 e. The van der Waals surface area contributed by atoms with Gasteiger partial charge in [-0.15, -0.1) is 0 Å². The van der Waals surface area contributed by atoms with Gasteiger partial charge in [0, 0.05) is 13.7 Å². The zero-order valence-corrected chi connectivity index (χ0v) is 10.3. The van der Waals surface area contributed by atoms with Gasteiger partial charge >= 0.3 is 0 Å². The van der Waals surface area contributed by atoms with E-state index in [1.54, 1.807) is 0 Å². The van der Waals surface area contributed by atoms with Gasteiger partial charge in [0.2, 0.25) is 0 Å². The van der Waals surface area contributed by atoms with E-state index in [1.807, 2.05) is 7.11 Å². The fourth-order valence-corrected chi connectivity index (χ4v) is 2.46. The zero-order valence-electron chi connectivity index (χ0n) is 10.3. The van der Waals surface area contributed by atoms with Crippen molar-refractivity contribution in [2.45, 2.75) is 31.8 Å². The van der Waals surface area contributed by atoms with Crippen molar-refractivity contribution in [1.82, 2.24) is 5.32 Å². The van der Waals surface area contributed by atoms with Gasteiger partial charge in [-0.2, -0.15) is 0 Å². The van der Waals surface area contributed by atoms with Crippen LogP contribution in [0.3, 0.4) is 0 Å². The molecule has 2 nitrogen and oxygen atoms in total. The SMILES string of the molecule is CCc1ccc(C2(OC)CCCNC2)cc1. The van der Waals surface area contributed by atoms with Gasteiger partial charge in [0.05, 0.1) is 0 Å². The van der Waals surface area contributed by atoms with Crippen molar-refractivity contribution in [1.29, 1.82) is 0 Å². The van der Waals surface area contributed by atoms with Gasteiger partial charge in [-0.25, -0.2) is 0 Å². The molecule has 16 heavy (non-hydrogen) atoms. The van der Waals surface area contributed by atoms with Crippen molar-refractivity contribution in [3.05, 3.63) is 35.4 Å². The molecule has 1 aliphatic rings. The third-order valence-corrected chi connectivity index (χ3v) is 3.62. The number of nitrogens with one attached hydrogen (secondary N) is 1. The smallest absolute Gasteiger partial charge is 0.105 e. The number of benzene rings is 1. The Bertz CT molecular complexity index is 325. The second-order valence-electron chi connectivity index (χ2n) is 4.53. The monoisotopic (exact) mass is 219 g/mol. The maximum absolute atomic E-state index is 5.78. The molecule has 0 amide bonds. The Balaban J connectivity index is 2.24. The second-order valence-corrected chi connectivity index (χ2v) is 4.53. The molecule has 1 aromatic carbocycles. The summed E-state index contributed by atoms with van der Waals surface area (Å²) in [6.07, 6.45) is 3.39. The summed E-state index contributed by atoms with van der Waals surface area (Å²) < 4.78 is 5.78. The first-order valence-electron chi connectivity index (χ1n) is 6.16. The van der Waals surface area contributed by atoms with Crippen molar-refractivity contribution in [3.8, 4) is 0 Å². The van der Waals surface area contributed by atoms with Gasteiger partial charge in [0.15, 0.2) is 0 Å². The molecule has 1 fully saturated rings. The van der Waals surface area contributed by atoms with Gasteiger partial charge in [-0.3, -0.25) is 0 Å². The summed E-state index contributed by atoms with van der Waals surface area (Å²) in [6.45, 7) is 4.22. The van der Waals surface area contributed by atoms with Crippen molar-refractivity contribution in [3.63, 3.8) is 0 Å². The molecule has 0 bridgehead atoms. The molecular formula is C14H21NO. The highest BCUT2D eigenvalue weighted by molar-refractivity contribution is 5.28. The highest BCUT2D eigenvalue weighted by Gasteiger charge is 2.33. The lowest BCUT2D eigenvalue weighted by Crippen LogP contribution is -2.44. The predicted molar refractivity (Wildman–Crippen MR) is 66.6 cm³/mol. The molecule has 1 heterocycles. The minimum Gasteiger partial charge on any atom is -0.372 e. The molecule has 88 valence electrons. The van der Waals surface area contributed by atoms with Crippen LogP contribution in [-0.4, -0.2) is 20.2 Å². The molecule has 0 aromatic heterocycles. The Morgan fingerprint density at radius 3 is 2.56 bits per heavy atom. The summed E-state index contributed by atoms with van der Waals surface area (Å²) in [5.41, 5.74) is 2.59. The van der Waals surface area contributed by atoms with Gasteiger partial charge in [0.25, 0.3) is 0 Å². The van der Waals surface area contributed by atoms with Crippen molar-refractivity contribution in [2.75, 3.05) is 20.2 Å². The Morgan fingerprint density at radius 1 is 1.31 bits per heavy atom. The third-order valence-electron chi connectivity index (χ3n) is 3.62. The molecule has 1 atom stereocenters. The van der Waals surface area contributed by atoms with E-state index < -0.39 is 0 Å². The normalized spacial score (nSPS) is 25.6. The number of piperidine rings is 1. The molecule has 0 spiro atoms. The molecule has 1 saturated heterocycles. The van der Waals surface area contributed by atoms with Crippen molar-refractivity contribution < 1.29 is 4.74 Å². The number of aryl methyl sites for hydroxylation is 1. The lowest BCUT2D eigenvalue weighted by molar-refractivity contribution is -0.0333. The fraction of sp³-hybridized carbons (Fsp3) is 0.571. The van der Waals surface area contributed by atoms with Crippen LogP contribution in [-0.2, 0) is 16.8 Å².